The maximum Gasteiger partial charge on any atom is 0.318 e. The van der Waals surface area contributed by atoms with Gasteiger partial charge in [0.25, 0.3) is 5.89 Å². The molecule has 2 atom stereocenters. The molecule has 0 spiro atoms. The number of aryl methyl sites for hydroxylation is 1. The number of morpholine rings is 1. The Labute approximate surface area is 255 Å². The third-order valence-electron chi connectivity index (χ3n) is 7.26. The fourth-order valence-corrected chi connectivity index (χ4v) is 6.51. The zero-order valence-electron chi connectivity index (χ0n) is 24.1. The highest BCUT2D eigenvalue weighted by molar-refractivity contribution is 7.90. The van der Waals surface area contributed by atoms with E-state index in [-0.39, 0.29) is 18.1 Å². The molecule has 3 aromatic carbocycles. The largest absolute Gasteiger partial charge is 0.434 e. The number of hydrogen-bond donors (Lipinski definition) is 2. The SMILES string of the molecule is O=C(NC(CCc1ccccc1)C(=O)c1nc2ccccc2o1)C(CS(=O)(=O)Cc1ccccc1)NC(=O)N1CCOCC1. The number of ketones is 1. The summed E-state index contributed by atoms with van der Waals surface area (Å²) in [7, 11) is -3.87. The Morgan fingerprint density at radius 1 is 0.818 bits per heavy atom. The Hall–Kier alpha value is -4.55. The van der Waals surface area contributed by atoms with Gasteiger partial charge in [0.05, 0.1) is 30.8 Å². The summed E-state index contributed by atoms with van der Waals surface area (Å²) in [5, 5.41) is 5.31. The lowest BCUT2D eigenvalue weighted by molar-refractivity contribution is -0.123. The van der Waals surface area contributed by atoms with Crippen LogP contribution in [0, 0.1) is 0 Å². The predicted molar refractivity (Wildman–Crippen MR) is 164 cm³/mol. The van der Waals surface area contributed by atoms with E-state index in [9.17, 15) is 22.8 Å². The van der Waals surface area contributed by atoms with Crippen molar-refractivity contribution in [2.24, 2.45) is 0 Å². The molecule has 1 aliphatic rings. The van der Waals surface area contributed by atoms with E-state index in [1.165, 1.54) is 4.90 Å². The summed E-state index contributed by atoms with van der Waals surface area (Å²) in [4.78, 5) is 46.3. The van der Waals surface area contributed by atoms with Crippen LogP contribution in [0.15, 0.2) is 89.3 Å². The molecule has 5 rings (SSSR count). The van der Waals surface area contributed by atoms with Crippen molar-refractivity contribution in [3.8, 4) is 0 Å². The number of amides is 3. The lowest BCUT2D eigenvalue weighted by Crippen LogP contribution is -2.57. The Morgan fingerprint density at radius 3 is 2.14 bits per heavy atom. The number of carbonyl (C=O) groups is 3. The Kier molecular flexibility index (Phi) is 10.0. The average Bonchev–Trinajstić information content (AvgIpc) is 3.48. The molecule has 3 amide bonds. The summed E-state index contributed by atoms with van der Waals surface area (Å²) in [5.74, 6) is -2.51. The van der Waals surface area contributed by atoms with Gasteiger partial charge in [-0.3, -0.25) is 9.59 Å². The lowest BCUT2D eigenvalue weighted by atomic mass is 10.0. The molecule has 11 nitrogen and oxygen atoms in total. The van der Waals surface area contributed by atoms with Crippen molar-refractivity contribution in [2.75, 3.05) is 32.1 Å². The summed E-state index contributed by atoms with van der Waals surface area (Å²) in [6.07, 6.45) is 0.628. The number of nitrogens with zero attached hydrogens (tertiary/aromatic N) is 2. The van der Waals surface area contributed by atoms with Crippen molar-refractivity contribution in [1.82, 2.24) is 20.5 Å². The Balaban J connectivity index is 1.38. The number of fused-ring (bicyclic) bond motifs is 1. The maximum atomic E-state index is 13.8. The third kappa shape index (κ3) is 8.29. The number of hydrogen-bond acceptors (Lipinski definition) is 8. The van der Waals surface area contributed by atoms with E-state index < -0.39 is 45.4 Å². The molecule has 12 heteroatoms. The second-order valence-corrected chi connectivity index (χ2v) is 12.7. The van der Waals surface area contributed by atoms with Gasteiger partial charge in [0.15, 0.2) is 15.4 Å². The molecule has 0 radical (unpaired) electrons. The molecular formula is C32H34N4O7S. The number of carbonyl (C=O) groups excluding carboxylic acids is 3. The molecule has 0 bridgehead atoms. The zero-order chi connectivity index (χ0) is 30.9. The summed E-state index contributed by atoms with van der Waals surface area (Å²) >= 11 is 0. The summed E-state index contributed by atoms with van der Waals surface area (Å²) in [6, 6.07) is 21.8. The minimum absolute atomic E-state index is 0.171. The van der Waals surface area contributed by atoms with E-state index in [0.29, 0.717) is 49.4 Å². The van der Waals surface area contributed by atoms with Crippen LogP contribution in [0.3, 0.4) is 0 Å². The lowest BCUT2D eigenvalue weighted by Gasteiger charge is -2.29. The van der Waals surface area contributed by atoms with Crippen LogP contribution in [0.25, 0.3) is 11.1 Å². The Bertz CT molecular complexity index is 1650. The van der Waals surface area contributed by atoms with Crippen LogP contribution in [0.1, 0.15) is 28.2 Å². The molecule has 0 saturated carbocycles. The molecule has 1 aliphatic heterocycles. The third-order valence-corrected chi connectivity index (χ3v) is 8.88. The zero-order valence-corrected chi connectivity index (χ0v) is 24.9. The first kappa shape index (κ1) is 30.9. The van der Waals surface area contributed by atoms with Crippen LogP contribution in [0.2, 0.25) is 0 Å². The van der Waals surface area contributed by atoms with Gasteiger partial charge in [-0.05, 0) is 36.1 Å². The molecule has 1 fully saturated rings. The molecule has 2 unspecified atom stereocenters. The number of Topliss-reactive ketones (excluding diaryl/α,β-unsaturated/α-hetero) is 1. The van der Waals surface area contributed by atoms with Gasteiger partial charge < -0.3 is 24.7 Å². The molecule has 4 aromatic rings. The standard InChI is InChI=1S/C32H34N4O7S/c37-29(31-34-25-13-7-8-14-28(25)43-31)26(16-15-23-9-3-1-4-10-23)33-30(38)27(35-32(39)36-17-19-42-20-18-36)22-44(40,41)21-24-11-5-2-6-12-24/h1-14,26-27H,15-22H2,(H,33,38)(H,35,39). The first-order chi connectivity index (χ1) is 21.3. The van der Waals surface area contributed by atoms with E-state index >= 15 is 0 Å². The van der Waals surface area contributed by atoms with Crippen LogP contribution in [-0.4, -0.2) is 80.2 Å². The van der Waals surface area contributed by atoms with Gasteiger partial charge in [0.1, 0.15) is 11.6 Å². The number of ether oxygens (including phenoxy) is 1. The van der Waals surface area contributed by atoms with Gasteiger partial charge >= 0.3 is 6.03 Å². The quantitative estimate of drug-likeness (QED) is 0.230. The Morgan fingerprint density at radius 2 is 1.45 bits per heavy atom. The van der Waals surface area contributed by atoms with Crippen LogP contribution in [0.4, 0.5) is 4.79 Å². The van der Waals surface area contributed by atoms with Gasteiger partial charge in [-0.2, -0.15) is 0 Å². The van der Waals surface area contributed by atoms with Crippen molar-refractivity contribution >= 4 is 38.7 Å². The van der Waals surface area contributed by atoms with Crippen LogP contribution in [-0.2, 0) is 31.5 Å². The number of oxazole rings is 1. The second kappa shape index (κ2) is 14.3. The van der Waals surface area contributed by atoms with E-state index in [4.69, 9.17) is 9.15 Å². The summed E-state index contributed by atoms with van der Waals surface area (Å²) < 4.78 is 37.5. The van der Waals surface area contributed by atoms with Crippen molar-refractivity contribution in [3.63, 3.8) is 0 Å². The molecule has 1 aromatic heterocycles. The van der Waals surface area contributed by atoms with Gasteiger partial charge in [0, 0.05) is 13.1 Å². The van der Waals surface area contributed by atoms with Crippen molar-refractivity contribution in [1.29, 1.82) is 0 Å². The molecule has 1 saturated heterocycles. The van der Waals surface area contributed by atoms with Crippen molar-refractivity contribution in [3.05, 3.63) is 102 Å². The maximum absolute atomic E-state index is 13.8. The number of benzene rings is 3. The van der Waals surface area contributed by atoms with Gasteiger partial charge in [0.2, 0.25) is 11.7 Å². The van der Waals surface area contributed by atoms with Crippen LogP contribution in [0.5, 0.6) is 0 Å². The molecule has 0 aliphatic carbocycles. The highest BCUT2D eigenvalue weighted by Gasteiger charge is 2.33. The van der Waals surface area contributed by atoms with Gasteiger partial charge in [-0.25, -0.2) is 18.2 Å². The molecule has 44 heavy (non-hydrogen) atoms. The fraction of sp³-hybridized carbons (Fsp3) is 0.312. The highest BCUT2D eigenvalue weighted by Crippen LogP contribution is 2.18. The second-order valence-electron chi connectivity index (χ2n) is 10.6. The number of urea groups is 1. The number of rotatable bonds is 12. The predicted octanol–water partition coefficient (Wildman–Crippen LogP) is 3.15. The number of aromatic nitrogens is 1. The van der Waals surface area contributed by atoms with Gasteiger partial charge in [-0.1, -0.05) is 72.8 Å². The van der Waals surface area contributed by atoms with E-state index in [2.05, 4.69) is 15.6 Å². The topological polar surface area (TPSA) is 148 Å². The van der Waals surface area contributed by atoms with Crippen molar-refractivity contribution < 1.29 is 32.0 Å². The minimum atomic E-state index is -3.87. The van der Waals surface area contributed by atoms with E-state index in [1.54, 1.807) is 54.6 Å². The number of nitrogens with one attached hydrogen (secondary N) is 2. The minimum Gasteiger partial charge on any atom is -0.434 e. The summed E-state index contributed by atoms with van der Waals surface area (Å²) in [6.45, 7) is 1.26. The van der Waals surface area contributed by atoms with E-state index in [1.807, 2.05) is 30.3 Å². The average molecular weight is 619 g/mol. The molecular weight excluding hydrogens is 584 g/mol. The van der Waals surface area contributed by atoms with Crippen molar-refractivity contribution in [2.45, 2.75) is 30.7 Å². The summed E-state index contributed by atoms with van der Waals surface area (Å²) in [5.41, 5.74) is 2.41. The smallest absolute Gasteiger partial charge is 0.318 e. The first-order valence-corrected chi connectivity index (χ1v) is 16.2. The molecule has 2 N–H and O–H groups in total. The molecule has 230 valence electrons. The number of sulfone groups is 1. The fourth-order valence-electron chi connectivity index (χ4n) is 4.95. The monoisotopic (exact) mass is 618 g/mol. The number of para-hydroxylation sites is 2. The highest BCUT2D eigenvalue weighted by atomic mass is 32.2. The van der Waals surface area contributed by atoms with Crippen LogP contribution < -0.4 is 10.6 Å². The normalized spacial score (nSPS) is 15.0. The van der Waals surface area contributed by atoms with E-state index in [0.717, 1.165) is 5.56 Å². The first-order valence-electron chi connectivity index (χ1n) is 14.4. The molecule has 2 heterocycles. The van der Waals surface area contributed by atoms with Crippen LogP contribution >= 0.6 is 0 Å². The van der Waals surface area contributed by atoms with Gasteiger partial charge in [-0.15, -0.1) is 0 Å².